The Labute approximate surface area is 209 Å². The molecule has 1 N–H and O–H groups in total. The van der Waals surface area contributed by atoms with E-state index in [0.717, 1.165) is 34.2 Å². The second-order valence-electron chi connectivity index (χ2n) is 8.74. The molecule has 35 heavy (non-hydrogen) atoms. The second kappa shape index (κ2) is 10.3. The van der Waals surface area contributed by atoms with Crippen molar-refractivity contribution in [1.29, 1.82) is 0 Å². The van der Waals surface area contributed by atoms with E-state index >= 15 is 0 Å². The molecule has 2 nitrogen and oxygen atoms in total. The molecule has 2 aliphatic carbocycles. The van der Waals surface area contributed by atoms with Crippen molar-refractivity contribution in [3.8, 4) is 11.1 Å². The average molecular weight is 482 g/mol. The van der Waals surface area contributed by atoms with E-state index in [2.05, 4.69) is 29.6 Å². The third-order valence-electron chi connectivity index (χ3n) is 6.55. The van der Waals surface area contributed by atoms with Gasteiger partial charge in [0.25, 0.3) is 0 Å². The Bertz CT molecular complexity index is 1480. The van der Waals surface area contributed by atoms with Crippen LogP contribution >= 0.6 is 11.6 Å². The molecule has 1 heterocycles. The lowest BCUT2D eigenvalue weighted by Crippen LogP contribution is -2.37. The number of rotatable bonds is 2. The Morgan fingerprint density at radius 2 is 1.66 bits per heavy atom. The standard InChI is InChI=1S/C25H18ClFO.C6H7N/c26-18-10-7-16-9-11-19-20(23(16)14-18)12-8-15-5-6-17(13-22(15)19)25(28)21-3-1-2-4-24(21)27;1-2-4-6-7-5-3-1/h1-4,7-8,10-14,17H,5-6,9H2;1-7H. The second-order valence-corrected chi connectivity index (χ2v) is 9.17. The zero-order chi connectivity index (χ0) is 24.2. The van der Waals surface area contributed by atoms with E-state index < -0.39 is 5.82 Å². The monoisotopic (exact) mass is 481 g/mol. The van der Waals surface area contributed by atoms with Crippen molar-refractivity contribution in [2.45, 2.75) is 19.3 Å². The Morgan fingerprint density at radius 1 is 0.886 bits per heavy atom. The fourth-order valence-electron chi connectivity index (χ4n) is 4.81. The molecular formula is C31H25ClFNO. The first-order chi connectivity index (χ1) is 17.1. The van der Waals surface area contributed by atoms with Crippen LogP contribution in [0.3, 0.4) is 0 Å². The number of carbonyl (C=O) groups is 1. The number of carbonyl (C=O) groups excluding carboxylic acids is 1. The van der Waals surface area contributed by atoms with Crippen molar-refractivity contribution >= 4 is 29.5 Å². The van der Waals surface area contributed by atoms with Crippen LogP contribution in [-0.2, 0) is 12.8 Å². The highest BCUT2D eigenvalue weighted by atomic mass is 35.5. The Morgan fingerprint density at radius 3 is 2.46 bits per heavy atom. The molecule has 3 aliphatic rings. The molecule has 0 radical (unpaired) electrons. The molecule has 3 aromatic carbocycles. The molecule has 0 fully saturated rings. The van der Waals surface area contributed by atoms with Crippen LogP contribution < -0.4 is 15.8 Å². The third kappa shape index (κ3) is 4.91. The zero-order valence-electron chi connectivity index (χ0n) is 19.2. The first-order valence-electron chi connectivity index (χ1n) is 11.8. The van der Waals surface area contributed by atoms with E-state index in [4.69, 9.17) is 11.6 Å². The maximum Gasteiger partial charge on any atom is 0.172 e. The van der Waals surface area contributed by atoms with Gasteiger partial charge in [-0.2, -0.15) is 0 Å². The van der Waals surface area contributed by atoms with Gasteiger partial charge in [0, 0.05) is 23.3 Å². The van der Waals surface area contributed by atoms with Crippen LogP contribution in [0.15, 0.2) is 91.3 Å². The zero-order valence-corrected chi connectivity index (χ0v) is 19.9. The summed E-state index contributed by atoms with van der Waals surface area (Å²) in [5, 5.41) is 5.93. The predicted molar refractivity (Wildman–Crippen MR) is 142 cm³/mol. The summed E-state index contributed by atoms with van der Waals surface area (Å²) in [5.74, 6) is -0.886. The summed E-state index contributed by atoms with van der Waals surface area (Å²) in [5.41, 5.74) is 4.99. The van der Waals surface area contributed by atoms with E-state index in [1.165, 1.54) is 22.4 Å². The molecule has 0 saturated carbocycles. The maximum atomic E-state index is 14.1. The maximum absolute atomic E-state index is 14.1. The highest BCUT2D eigenvalue weighted by Crippen LogP contribution is 2.29. The lowest BCUT2D eigenvalue weighted by Gasteiger charge is -2.21. The summed E-state index contributed by atoms with van der Waals surface area (Å²) in [6.45, 7) is 0. The first-order valence-corrected chi connectivity index (χ1v) is 12.2. The van der Waals surface area contributed by atoms with E-state index in [1.807, 2.05) is 54.9 Å². The van der Waals surface area contributed by atoms with Crippen LogP contribution in [0, 0.1) is 11.7 Å². The minimum Gasteiger partial charge on any atom is -0.368 e. The number of ketones is 1. The Hall–Kier alpha value is -3.69. The lowest BCUT2D eigenvalue weighted by atomic mass is 9.82. The summed E-state index contributed by atoms with van der Waals surface area (Å²) >= 11 is 6.24. The molecule has 174 valence electrons. The minimum absolute atomic E-state index is 0.138. The van der Waals surface area contributed by atoms with Crippen molar-refractivity contribution in [1.82, 2.24) is 5.32 Å². The number of fused-ring (bicyclic) bond motifs is 5. The van der Waals surface area contributed by atoms with Crippen molar-refractivity contribution in [3.05, 3.63) is 129 Å². The quantitative estimate of drug-likeness (QED) is 0.463. The highest BCUT2D eigenvalue weighted by Gasteiger charge is 2.24. The van der Waals surface area contributed by atoms with Gasteiger partial charge in [-0.25, -0.2) is 4.39 Å². The fourth-order valence-corrected chi connectivity index (χ4v) is 4.98. The predicted octanol–water partition coefficient (Wildman–Crippen LogP) is 5.88. The van der Waals surface area contributed by atoms with Crippen molar-refractivity contribution in [2.24, 2.45) is 5.92 Å². The SMILES string of the molecule is C1=CC=CNC=C1.O=C(c1ccccc1F)C1C=c2c(ccc3c2=CCc2ccc(Cl)cc2-3)CC1. The molecule has 1 unspecified atom stereocenters. The molecule has 0 saturated heterocycles. The van der Waals surface area contributed by atoms with Crippen molar-refractivity contribution in [3.63, 3.8) is 0 Å². The van der Waals surface area contributed by atoms with Crippen LogP contribution in [0.2, 0.25) is 5.02 Å². The average Bonchev–Trinajstić information content (AvgIpc) is 3.21. The number of hydrogen-bond donors (Lipinski definition) is 1. The van der Waals surface area contributed by atoms with Gasteiger partial charge in [0.1, 0.15) is 5.82 Å². The number of nitrogens with one attached hydrogen (secondary N) is 1. The van der Waals surface area contributed by atoms with Gasteiger partial charge in [-0.1, -0.05) is 66.2 Å². The van der Waals surface area contributed by atoms with Crippen LogP contribution in [0.1, 0.15) is 27.9 Å². The number of allylic oxidation sites excluding steroid dienone is 4. The fraction of sp³-hybridized carbons (Fsp3) is 0.129. The van der Waals surface area contributed by atoms with Gasteiger partial charge in [0.15, 0.2) is 5.78 Å². The summed E-state index contributed by atoms with van der Waals surface area (Å²) < 4.78 is 14.1. The van der Waals surface area contributed by atoms with Crippen LogP contribution in [0.5, 0.6) is 0 Å². The molecule has 0 aromatic heterocycles. The Balaban J connectivity index is 0.000000313. The number of aryl methyl sites for hydroxylation is 1. The molecule has 0 spiro atoms. The molecule has 0 amide bonds. The number of halogens is 2. The summed E-state index contributed by atoms with van der Waals surface area (Å²) in [4.78, 5) is 12.9. The van der Waals surface area contributed by atoms with Crippen LogP contribution in [0.25, 0.3) is 23.3 Å². The van der Waals surface area contributed by atoms with Gasteiger partial charge in [0.2, 0.25) is 0 Å². The van der Waals surface area contributed by atoms with E-state index in [1.54, 1.807) is 18.2 Å². The number of Topliss-reactive ketones (excluding diaryl/α,β-unsaturated/α-hetero) is 1. The molecule has 6 rings (SSSR count). The van der Waals surface area contributed by atoms with Gasteiger partial charge in [-0.05, 0) is 88.4 Å². The number of hydrogen-bond acceptors (Lipinski definition) is 2. The summed E-state index contributed by atoms with van der Waals surface area (Å²) in [7, 11) is 0. The minimum atomic E-state index is -0.447. The molecule has 3 aromatic rings. The van der Waals surface area contributed by atoms with E-state index in [0.29, 0.717) is 6.42 Å². The van der Waals surface area contributed by atoms with Crippen molar-refractivity contribution in [2.75, 3.05) is 0 Å². The van der Waals surface area contributed by atoms with Gasteiger partial charge in [-0.3, -0.25) is 4.79 Å². The molecule has 0 bridgehead atoms. The topological polar surface area (TPSA) is 29.1 Å². The van der Waals surface area contributed by atoms with Gasteiger partial charge >= 0.3 is 0 Å². The Kier molecular flexibility index (Phi) is 6.78. The van der Waals surface area contributed by atoms with Gasteiger partial charge < -0.3 is 5.32 Å². The van der Waals surface area contributed by atoms with Crippen LogP contribution in [0.4, 0.5) is 4.39 Å². The number of benzene rings is 3. The molecule has 4 heteroatoms. The normalized spacial score (nSPS) is 16.7. The highest BCUT2D eigenvalue weighted by molar-refractivity contribution is 6.30. The van der Waals surface area contributed by atoms with Crippen molar-refractivity contribution < 1.29 is 9.18 Å². The lowest BCUT2D eigenvalue weighted by molar-refractivity contribution is 0.0942. The first kappa shape index (κ1) is 23.1. The van der Waals surface area contributed by atoms with Gasteiger partial charge in [-0.15, -0.1) is 0 Å². The van der Waals surface area contributed by atoms with E-state index in [-0.39, 0.29) is 17.3 Å². The van der Waals surface area contributed by atoms with Crippen LogP contribution in [-0.4, -0.2) is 5.78 Å². The summed E-state index contributed by atoms with van der Waals surface area (Å²) in [6, 6.07) is 16.6. The summed E-state index contributed by atoms with van der Waals surface area (Å²) in [6.07, 6.45) is 18.2. The largest absolute Gasteiger partial charge is 0.368 e. The smallest absolute Gasteiger partial charge is 0.172 e. The third-order valence-corrected chi connectivity index (χ3v) is 6.79. The van der Waals surface area contributed by atoms with Gasteiger partial charge in [0.05, 0.1) is 5.56 Å². The molecule has 1 aliphatic heterocycles. The molecular weight excluding hydrogens is 457 g/mol. The van der Waals surface area contributed by atoms with E-state index in [9.17, 15) is 9.18 Å². The molecule has 1 atom stereocenters.